The number of benzene rings is 1. The van der Waals surface area contributed by atoms with Crippen LogP contribution in [0.4, 0.5) is 5.69 Å². The smallest absolute Gasteiger partial charge is 0.0746 e. The second-order valence-corrected chi connectivity index (χ2v) is 7.54. The van der Waals surface area contributed by atoms with E-state index in [0.29, 0.717) is 0 Å². The molecule has 1 fully saturated rings. The minimum atomic E-state index is 0.937. The Hall–Kier alpha value is -3.66. The average molecular weight is 409 g/mol. The van der Waals surface area contributed by atoms with Crippen LogP contribution in [-0.2, 0) is 0 Å². The first-order valence-corrected chi connectivity index (χ1v) is 10.7. The summed E-state index contributed by atoms with van der Waals surface area (Å²) in [6, 6.07) is 12.7. The largest absolute Gasteiger partial charge is 0.368 e. The van der Waals surface area contributed by atoms with Crippen molar-refractivity contribution in [2.24, 2.45) is 0 Å². The van der Waals surface area contributed by atoms with E-state index in [1.54, 1.807) is 6.20 Å². The van der Waals surface area contributed by atoms with Crippen LogP contribution in [0.2, 0.25) is 0 Å². The first-order valence-electron chi connectivity index (χ1n) is 10.7. The molecule has 1 aliphatic rings. The Labute approximate surface area is 184 Å². The fourth-order valence-electron chi connectivity index (χ4n) is 3.97. The van der Waals surface area contributed by atoms with E-state index in [0.717, 1.165) is 53.9 Å². The molecule has 4 rings (SSSR count). The van der Waals surface area contributed by atoms with E-state index in [2.05, 4.69) is 70.4 Å². The van der Waals surface area contributed by atoms with Gasteiger partial charge in [0.1, 0.15) is 0 Å². The molecule has 0 saturated carbocycles. The zero-order chi connectivity index (χ0) is 21.6. The van der Waals surface area contributed by atoms with E-state index < -0.39 is 0 Å². The van der Waals surface area contributed by atoms with Gasteiger partial charge in [-0.15, -0.1) is 0 Å². The van der Waals surface area contributed by atoms with Gasteiger partial charge in [-0.05, 0) is 48.9 Å². The maximum Gasteiger partial charge on any atom is 0.0746 e. The standard InChI is InChI=1S/C27H28N4/c1-4-7-8-23(6-3)30-15-17-31(18-16-30)24-11-9-22(10-12-24)27-19-21(5-2)25-20-28-14-13-26(25)29-27/h4-14,19-20H,2-3,15-18H2,1H3/b7-4-,23-8+. The van der Waals surface area contributed by atoms with Crippen molar-refractivity contribution in [3.63, 3.8) is 0 Å². The van der Waals surface area contributed by atoms with Gasteiger partial charge < -0.3 is 9.80 Å². The van der Waals surface area contributed by atoms with Crippen LogP contribution < -0.4 is 4.90 Å². The van der Waals surface area contributed by atoms with Gasteiger partial charge in [0.25, 0.3) is 0 Å². The number of allylic oxidation sites excluding steroid dienone is 4. The summed E-state index contributed by atoms with van der Waals surface area (Å²) in [4.78, 5) is 13.9. The molecule has 0 radical (unpaired) electrons. The number of fused-ring (bicyclic) bond motifs is 1. The lowest BCUT2D eigenvalue weighted by Gasteiger charge is -2.37. The topological polar surface area (TPSA) is 32.3 Å². The number of anilines is 1. The van der Waals surface area contributed by atoms with E-state index >= 15 is 0 Å². The molecule has 1 aromatic carbocycles. The predicted molar refractivity (Wildman–Crippen MR) is 132 cm³/mol. The highest BCUT2D eigenvalue weighted by atomic mass is 15.3. The van der Waals surface area contributed by atoms with Gasteiger partial charge in [-0.1, -0.05) is 43.5 Å². The van der Waals surface area contributed by atoms with Gasteiger partial charge in [0.2, 0.25) is 0 Å². The van der Waals surface area contributed by atoms with E-state index in [1.807, 2.05) is 37.4 Å². The zero-order valence-electron chi connectivity index (χ0n) is 18.0. The monoisotopic (exact) mass is 408 g/mol. The van der Waals surface area contributed by atoms with Gasteiger partial charge in [-0.2, -0.15) is 0 Å². The lowest BCUT2D eigenvalue weighted by molar-refractivity contribution is 0.330. The molecule has 0 N–H and O–H groups in total. The number of aromatic nitrogens is 2. The molecular formula is C27H28N4. The maximum absolute atomic E-state index is 4.83. The Balaban J connectivity index is 1.50. The van der Waals surface area contributed by atoms with Gasteiger partial charge in [0.15, 0.2) is 0 Å². The highest BCUT2D eigenvalue weighted by Crippen LogP contribution is 2.27. The van der Waals surface area contributed by atoms with Gasteiger partial charge >= 0.3 is 0 Å². The summed E-state index contributed by atoms with van der Waals surface area (Å²) in [7, 11) is 0. The van der Waals surface area contributed by atoms with Crippen LogP contribution in [0.3, 0.4) is 0 Å². The van der Waals surface area contributed by atoms with Crippen LogP contribution in [0.5, 0.6) is 0 Å². The molecule has 4 heteroatoms. The lowest BCUT2D eigenvalue weighted by Crippen LogP contribution is -2.45. The lowest BCUT2D eigenvalue weighted by atomic mass is 10.0. The molecular weight excluding hydrogens is 380 g/mol. The van der Waals surface area contributed by atoms with Crippen LogP contribution in [0.1, 0.15) is 12.5 Å². The summed E-state index contributed by atoms with van der Waals surface area (Å²) in [5.41, 5.74) is 6.48. The fraction of sp³-hybridized carbons (Fsp3) is 0.185. The third-order valence-corrected chi connectivity index (χ3v) is 5.70. The molecule has 0 amide bonds. The number of hydrogen-bond donors (Lipinski definition) is 0. The predicted octanol–water partition coefficient (Wildman–Crippen LogP) is 5.71. The highest BCUT2D eigenvalue weighted by Gasteiger charge is 2.18. The Morgan fingerprint density at radius 1 is 1.03 bits per heavy atom. The van der Waals surface area contributed by atoms with Crippen LogP contribution in [0, 0.1) is 0 Å². The summed E-state index contributed by atoms with van der Waals surface area (Å²) >= 11 is 0. The molecule has 2 aromatic heterocycles. The molecule has 156 valence electrons. The van der Waals surface area contributed by atoms with Crippen LogP contribution in [-0.4, -0.2) is 41.0 Å². The Kier molecular flexibility index (Phi) is 6.27. The molecule has 0 spiro atoms. The number of nitrogens with zero attached hydrogens (tertiary/aromatic N) is 4. The van der Waals surface area contributed by atoms with Crippen molar-refractivity contribution in [1.29, 1.82) is 0 Å². The van der Waals surface area contributed by atoms with Crippen molar-refractivity contribution in [3.8, 4) is 11.3 Å². The van der Waals surface area contributed by atoms with E-state index in [4.69, 9.17) is 4.98 Å². The van der Waals surface area contributed by atoms with Gasteiger partial charge in [0, 0.05) is 60.9 Å². The molecule has 0 bridgehead atoms. The molecule has 3 aromatic rings. The second-order valence-electron chi connectivity index (χ2n) is 7.54. The summed E-state index contributed by atoms with van der Waals surface area (Å²) in [5.74, 6) is 0. The van der Waals surface area contributed by atoms with Crippen molar-refractivity contribution in [2.75, 3.05) is 31.1 Å². The van der Waals surface area contributed by atoms with Crippen molar-refractivity contribution < 1.29 is 0 Å². The van der Waals surface area contributed by atoms with E-state index in [1.165, 1.54) is 11.4 Å². The van der Waals surface area contributed by atoms with Gasteiger partial charge in [0.05, 0.1) is 11.2 Å². The van der Waals surface area contributed by atoms with Crippen molar-refractivity contribution in [2.45, 2.75) is 6.92 Å². The maximum atomic E-state index is 4.83. The number of hydrogen-bond acceptors (Lipinski definition) is 4. The van der Waals surface area contributed by atoms with Crippen molar-refractivity contribution in [3.05, 3.63) is 97.5 Å². The summed E-state index contributed by atoms with van der Waals surface area (Å²) < 4.78 is 0. The molecule has 1 aliphatic heterocycles. The summed E-state index contributed by atoms with van der Waals surface area (Å²) in [6.45, 7) is 13.9. The number of pyridine rings is 2. The fourth-order valence-corrected chi connectivity index (χ4v) is 3.97. The number of piperazine rings is 1. The Morgan fingerprint density at radius 3 is 2.48 bits per heavy atom. The van der Waals surface area contributed by atoms with E-state index in [-0.39, 0.29) is 0 Å². The molecule has 1 saturated heterocycles. The van der Waals surface area contributed by atoms with Gasteiger partial charge in [-0.3, -0.25) is 4.98 Å². The molecule has 4 nitrogen and oxygen atoms in total. The first kappa shape index (κ1) is 20.6. The zero-order valence-corrected chi connectivity index (χ0v) is 18.0. The Bertz CT molecular complexity index is 1130. The highest BCUT2D eigenvalue weighted by molar-refractivity contribution is 5.89. The quantitative estimate of drug-likeness (QED) is 0.489. The molecule has 0 unspecified atom stereocenters. The second kappa shape index (κ2) is 9.43. The van der Waals surface area contributed by atoms with E-state index in [9.17, 15) is 0 Å². The summed E-state index contributed by atoms with van der Waals surface area (Å²) in [5, 5.41) is 1.03. The first-order chi connectivity index (χ1) is 15.2. The average Bonchev–Trinajstić information content (AvgIpc) is 2.84. The number of rotatable bonds is 6. The molecule has 0 aliphatic carbocycles. The molecule has 0 atom stereocenters. The van der Waals surface area contributed by atoms with Gasteiger partial charge in [-0.25, -0.2) is 4.98 Å². The van der Waals surface area contributed by atoms with Crippen molar-refractivity contribution in [1.82, 2.24) is 14.9 Å². The van der Waals surface area contributed by atoms with Crippen LogP contribution >= 0.6 is 0 Å². The van der Waals surface area contributed by atoms with Crippen LogP contribution in [0.25, 0.3) is 28.2 Å². The van der Waals surface area contributed by atoms with Crippen molar-refractivity contribution >= 4 is 22.7 Å². The molecule has 3 heterocycles. The Morgan fingerprint density at radius 2 is 1.81 bits per heavy atom. The SMILES string of the molecule is C=C/C(=C\C=C/C)N1CCN(c2ccc(-c3cc(C=C)c4cnccc4n3)cc2)CC1. The normalized spacial score (nSPS) is 14.9. The molecule has 31 heavy (non-hydrogen) atoms. The third-order valence-electron chi connectivity index (χ3n) is 5.70. The van der Waals surface area contributed by atoms with Crippen LogP contribution in [0.15, 0.2) is 92.0 Å². The minimum Gasteiger partial charge on any atom is -0.368 e. The third kappa shape index (κ3) is 4.43. The minimum absolute atomic E-state index is 0.937. The summed E-state index contributed by atoms with van der Waals surface area (Å²) in [6.07, 6.45) is 13.7.